The van der Waals surface area contributed by atoms with Gasteiger partial charge in [0.2, 0.25) is 0 Å². The standard InChI is InChI=1S/C16H20O2Si/c1-6-10-14-11-12-15(16(13-14)17-5)18-19(7-2,8-3)9-4/h6-13H,2-4H2,1,5H3/b10-6+. The average molecular weight is 272 g/mol. The quantitative estimate of drug-likeness (QED) is 0.692. The lowest BCUT2D eigenvalue weighted by Crippen LogP contribution is -2.35. The monoisotopic (exact) mass is 272 g/mol. The second-order valence-electron chi connectivity index (χ2n) is 3.98. The molecule has 0 heterocycles. The summed E-state index contributed by atoms with van der Waals surface area (Å²) in [6.07, 6.45) is 3.98. The van der Waals surface area contributed by atoms with Gasteiger partial charge in [0.1, 0.15) is 5.75 Å². The summed E-state index contributed by atoms with van der Waals surface area (Å²) in [5.41, 5.74) is 6.42. The Hall–Kier alpha value is -2.00. The van der Waals surface area contributed by atoms with E-state index in [9.17, 15) is 0 Å². The van der Waals surface area contributed by atoms with Crippen LogP contribution in [0.2, 0.25) is 0 Å². The van der Waals surface area contributed by atoms with Crippen molar-refractivity contribution >= 4 is 14.4 Å². The van der Waals surface area contributed by atoms with Crippen molar-refractivity contribution in [3.63, 3.8) is 0 Å². The van der Waals surface area contributed by atoms with Gasteiger partial charge in [0.15, 0.2) is 5.75 Å². The van der Waals surface area contributed by atoms with Crippen LogP contribution in [0, 0.1) is 0 Å². The molecular formula is C16H20O2Si. The Morgan fingerprint density at radius 3 is 2.16 bits per heavy atom. The molecule has 0 aliphatic carbocycles. The van der Waals surface area contributed by atoms with Crippen LogP contribution in [-0.2, 0) is 0 Å². The minimum Gasteiger partial charge on any atom is -0.529 e. The molecule has 100 valence electrons. The first kappa shape index (κ1) is 15.1. The predicted molar refractivity (Wildman–Crippen MR) is 84.7 cm³/mol. The van der Waals surface area contributed by atoms with Gasteiger partial charge in [-0.25, -0.2) is 0 Å². The van der Waals surface area contributed by atoms with Gasteiger partial charge in [-0.3, -0.25) is 0 Å². The van der Waals surface area contributed by atoms with Gasteiger partial charge in [-0.2, -0.15) is 0 Å². The SMILES string of the molecule is C=C[Si](C=C)(C=C)Oc1ccc(/C=C/C)cc1OC. The molecular weight excluding hydrogens is 252 g/mol. The molecule has 19 heavy (non-hydrogen) atoms. The fourth-order valence-corrected chi connectivity index (χ4v) is 2.93. The Balaban J connectivity index is 3.16. The van der Waals surface area contributed by atoms with Crippen LogP contribution < -0.4 is 9.16 Å². The van der Waals surface area contributed by atoms with Crippen molar-refractivity contribution in [3.05, 3.63) is 66.7 Å². The van der Waals surface area contributed by atoms with E-state index in [1.165, 1.54) is 0 Å². The zero-order chi connectivity index (χ0) is 14.3. The number of benzene rings is 1. The Bertz CT molecular complexity index is 482. The van der Waals surface area contributed by atoms with Crippen LogP contribution in [0.3, 0.4) is 0 Å². The molecule has 0 N–H and O–H groups in total. The molecule has 0 saturated carbocycles. The van der Waals surface area contributed by atoms with Crippen LogP contribution in [-0.4, -0.2) is 15.4 Å². The molecule has 0 aliphatic heterocycles. The Labute approximate surface area is 116 Å². The fourth-order valence-electron chi connectivity index (χ4n) is 1.63. The van der Waals surface area contributed by atoms with Gasteiger partial charge in [-0.15, -0.1) is 19.7 Å². The van der Waals surface area contributed by atoms with Crippen molar-refractivity contribution < 1.29 is 9.16 Å². The van der Waals surface area contributed by atoms with E-state index in [0.717, 1.165) is 5.56 Å². The van der Waals surface area contributed by atoms with E-state index >= 15 is 0 Å². The summed E-state index contributed by atoms with van der Waals surface area (Å²) in [7, 11) is -0.723. The molecule has 1 aromatic rings. The molecule has 0 spiro atoms. The summed E-state index contributed by atoms with van der Waals surface area (Å²) in [5, 5.41) is 0. The van der Waals surface area contributed by atoms with E-state index in [4.69, 9.17) is 9.16 Å². The van der Waals surface area contributed by atoms with Crippen molar-refractivity contribution in [1.82, 2.24) is 0 Å². The molecule has 1 rings (SSSR count). The largest absolute Gasteiger partial charge is 0.529 e. The van der Waals surface area contributed by atoms with E-state index in [-0.39, 0.29) is 0 Å². The van der Waals surface area contributed by atoms with Gasteiger partial charge in [-0.1, -0.05) is 35.3 Å². The number of rotatable bonds is 7. The number of hydrogen-bond acceptors (Lipinski definition) is 2. The maximum Gasteiger partial charge on any atom is 0.323 e. The molecule has 3 heteroatoms. The summed E-state index contributed by atoms with van der Waals surface area (Å²) in [6, 6.07) is 5.81. The Morgan fingerprint density at radius 2 is 1.68 bits per heavy atom. The van der Waals surface area contributed by atoms with Crippen LogP contribution in [0.4, 0.5) is 0 Å². The van der Waals surface area contributed by atoms with E-state index in [0.29, 0.717) is 11.5 Å². The van der Waals surface area contributed by atoms with Crippen LogP contribution in [0.15, 0.2) is 61.1 Å². The highest BCUT2D eigenvalue weighted by Crippen LogP contribution is 2.31. The molecule has 0 aromatic heterocycles. The van der Waals surface area contributed by atoms with Gasteiger partial charge in [0.25, 0.3) is 0 Å². The van der Waals surface area contributed by atoms with E-state index in [1.54, 1.807) is 24.2 Å². The van der Waals surface area contributed by atoms with Crippen molar-refractivity contribution in [1.29, 1.82) is 0 Å². The summed E-state index contributed by atoms with van der Waals surface area (Å²) in [5.74, 6) is 1.38. The van der Waals surface area contributed by atoms with Crippen molar-refractivity contribution in [2.45, 2.75) is 6.92 Å². The molecule has 2 nitrogen and oxygen atoms in total. The number of hydrogen-bond donors (Lipinski definition) is 0. The third-order valence-electron chi connectivity index (χ3n) is 2.79. The molecule has 0 bridgehead atoms. The van der Waals surface area contributed by atoms with E-state index in [2.05, 4.69) is 19.7 Å². The van der Waals surface area contributed by atoms with Crippen LogP contribution in [0.25, 0.3) is 6.08 Å². The summed E-state index contributed by atoms with van der Waals surface area (Å²) < 4.78 is 11.4. The summed E-state index contributed by atoms with van der Waals surface area (Å²) >= 11 is 0. The van der Waals surface area contributed by atoms with Gasteiger partial charge >= 0.3 is 8.32 Å². The van der Waals surface area contributed by atoms with Gasteiger partial charge in [0, 0.05) is 0 Å². The second-order valence-corrected chi connectivity index (χ2v) is 7.11. The molecule has 0 atom stereocenters. The van der Waals surface area contributed by atoms with Crippen LogP contribution in [0.1, 0.15) is 12.5 Å². The van der Waals surface area contributed by atoms with Crippen molar-refractivity contribution in [3.8, 4) is 11.5 Å². The molecule has 0 unspecified atom stereocenters. The van der Waals surface area contributed by atoms with Gasteiger partial charge in [0.05, 0.1) is 7.11 Å². The highest BCUT2D eigenvalue weighted by atomic mass is 28.4. The Morgan fingerprint density at radius 1 is 1.05 bits per heavy atom. The highest BCUT2D eigenvalue weighted by Gasteiger charge is 2.27. The van der Waals surface area contributed by atoms with Crippen molar-refractivity contribution in [2.75, 3.05) is 7.11 Å². The van der Waals surface area contributed by atoms with Gasteiger partial charge in [-0.05, 0) is 24.6 Å². The van der Waals surface area contributed by atoms with Crippen LogP contribution >= 0.6 is 0 Å². The normalized spacial score (nSPS) is 11.1. The van der Waals surface area contributed by atoms with Crippen molar-refractivity contribution in [2.24, 2.45) is 0 Å². The summed E-state index contributed by atoms with van der Waals surface area (Å²) in [6.45, 7) is 13.4. The highest BCUT2D eigenvalue weighted by molar-refractivity contribution is 6.88. The first-order valence-electron chi connectivity index (χ1n) is 6.05. The lowest BCUT2D eigenvalue weighted by atomic mass is 10.2. The lowest BCUT2D eigenvalue weighted by molar-refractivity contribution is 0.393. The topological polar surface area (TPSA) is 18.5 Å². The van der Waals surface area contributed by atoms with Crippen LogP contribution in [0.5, 0.6) is 11.5 Å². The third kappa shape index (κ3) is 3.48. The minimum absolute atomic E-state index is 0.683. The minimum atomic E-state index is -2.35. The molecule has 0 saturated heterocycles. The Kier molecular flexibility index (Phi) is 5.39. The van der Waals surface area contributed by atoms with Gasteiger partial charge < -0.3 is 9.16 Å². The van der Waals surface area contributed by atoms with E-state index in [1.807, 2.05) is 37.3 Å². The molecule has 0 radical (unpaired) electrons. The maximum absolute atomic E-state index is 6.04. The second kappa shape index (κ2) is 6.80. The maximum atomic E-state index is 6.04. The predicted octanol–water partition coefficient (Wildman–Crippen LogP) is 4.23. The fraction of sp³-hybridized carbons (Fsp3) is 0.125. The number of methoxy groups -OCH3 is 1. The smallest absolute Gasteiger partial charge is 0.323 e. The zero-order valence-corrected chi connectivity index (χ0v) is 12.6. The molecule has 0 fully saturated rings. The molecule has 1 aromatic carbocycles. The number of allylic oxidation sites excluding steroid dienone is 1. The number of ether oxygens (including phenoxy) is 1. The first-order valence-corrected chi connectivity index (χ1v) is 8.19. The lowest BCUT2D eigenvalue weighted by Gasteiger charge is -2.23. The third-order valence-corrected chi connectivity index (χ3v) is 5.28. The average Bonchev–Trinajstić information content (AvgIpc) is 2.46. The molecule has 0 amide bonds. The zero-order valence-electron chi connectivity index (χ0n) is 11.6. The first-order chi connectivity index (χ1) is 9.14. The molecule has 0 aliphatic rings. The summed E-state index contributed by atoms with van der Waals surface area (Å²) in [4.78, 5) is 0. The van der Waals surface area contributed by atoms with E-state index < -0.39 is 8.32 Å².